The minimum atomic E-state index is -0.0366. The first kappa shape index (κ1) is 13.3. The lowest BCUT2D eigenvalue weighted by molar-refractivity contribution is 0.103. The third kappa shape index (κ3) is 2.52. The highest BCUT2D eigenvalue weighted by atomic mass is 16.5. The van der Waals surface area contributed by atoms with Crippen LogP contribution in [0.15, 0.2) is 24.4 Å². The number of ketones is 1. The summed E-state index contributed by atoms with van der Waals surface area (Å²) in [6.45, 7) is 3.95. The van der Waals surface area contributed by atoms with Crippen LogP contribution in [0.3, 0.4) is 0 Å². The van der Waals surface area contributed by atoms with Crippen LogP contribution in [0.5, 0.6) is 5.75 Å². The van der Waals surface area contributed by atoms with Crippen LogP contribution < -0.4 is 4.74 Å². The van der Waals surface area contributed by atoms with Crippen LogP contribution in [-0.4, -0.2) is 22.7 Å². The first-order valence-corrected chi connectivity index (χ1v) is 6.28. The smallest absolute Gasteiger partial charge is 0.200 e. The Balaban J connectivity index is 2.52. The molecule has 4 nitrogen and oxygen atoms in total. The first-order chi connectivity index (χ1) is 9.06. The standard InChI is InChI=1S/C15H18N2O2/c1-5-13-12(9-17(3)16-13)15(18)11-8-10(2)6-7-14(11)19-4/h6-9H,5H2,1-4H3. The van der Waals surface area contributed by atoms with E-state index in [-0.39, 0.29) is 5.78 Å². The van der Waals surface area contributed by atoms with Gasteiger partial charge in [0.25, 0.3) is 0 Å². The Morgan fingerprint density at radius 3 is 2.74 bits per heavy atom. The molecule has 19 heavy (non-hydrogen) atoms. The van der Waals surface area contributed by atoms with Gasteiger partial charge in [-0.2, -0.15) is 5.10 Å². The van der Waals surface area contributed by atoms with E-state index < -0.39 is 0 Å². The number of methoxy groups -OCH3 is 1. The van der Waals surface area contributed by atoms with Crippen LogP contribution in [-0.2, 0) is 13.5 Å². The van der Waals surface area contributed by atoms with Crippen molar-refractivity contribution in [2.75, 3.05) is 7.11 Å². The van der Waals surface area contributed by atoms with Gasteiger partial charge in [-0.25, -0.2) is 0 Å². The SMILES string of the molecule is CCc1nn(C)cc1C(=O)c1cc(C)ccc1OC. The second kappa shape index (κ2) is 5.26. The molecule has 0 aliphatic rings. The third-order valence-corrected chi connectivity index (χ3v) is 3.08. The van der Waals surface area contributed by atoms with E-state index in [2.05, 4.69) is 5.10 Å². The zero-order valence-electron chi connectivity index (χ0n) is 11.7. The molecule has 0 amide bonds. The average molecular weight is 258 g/mol. The van der Waals surface area contributed by atoms with Gasteiger partial charge in [-0.1, -0.05) is 18.6 Å². The molecule has 0 bridgehead atoms. The molecule has 1 aromatic heterocycles. The topological polar surface area (TPSA) is 44.1 Å². The molecule has 0 fully saturated rings. The van der Waals surface area contributed by atoms with Crippen LogP contribution in [0.25, 0.3) is 0 Å². The van der Waals surface area contributed by atoms with E-state index >= 15 is 0 Å². The maximum absolute atomic E-state index is 12.6. The molecule has 1 heterocycles. The molecule has 0 radical (unpaired) electrons. The summed E-state index contributed by atoms with van der Waals surface area (Å²) in [6, 6.07) is 5.61. The summed E-state index contributed by atoms with van der Waals surface area (Å²) in [5, 5.41) is 4.31. The van der Waals surface area contributed by atoms with Gasteiger partial charge >= 0.3 is 0 Å². The van der Waals surface area contributed by atoms with Gasteiger partial charge in [-0.05, 0) is 25.5 Å². The summed E-state index contributed by atoms with van der Waals surface area (Å²) < 4.78 is 6.95. The number of aromatic nitrogens is 2. The van der Waals surface area contributed by atoms with E-state index in [0.717, 1.165) is 17.7 Å². The number of rotatable bonds is 4. The number of nitrogens with zero attached hydrogens (tertiary/aromatic N) is 2. The summed E-state index contributed by atoms with van der Waals surface area (Å²) >= 11 is 0. The molecule has 0 atom stereocenters. The van der Waals surface area contributed by atoms with Crippen LogP contribution in [0.1, 0.15) is 34.1 Å². The summed E-state index contributed by atoms with van der Waals surface area (Å²) in [5.41, 5.74) is 3.08. The van der Waals surface area contributed by atoms with E-state index in [1.807, 2.05) is 39.1 Å². The normalized spacial score (nSPS) is 10.5. The molecule has 0 N–H and O–H groups in total. The monoisotopic (exact) mass is 258 g/mol. The first-order valence-electron chi connectivity index (χ1n) is 6.28. The molecule has 2 aromatic rings. The van der Waals surface area contributed by atoms with Crippen molar-refractivity contribution >= 4 is 5.78 Å². The minimum absolute atomic E-state index is 0.0366. The van der Waals surface area contributed by atoms with E-state index in [4.69, 9.17) is 4.74 Å². The lowest BCUT2D eigenvalue weighted by atomic mass is 10.0. The molecular weight excluding hydrogens is 240 g/mol. The highest BCUT2D eigenvalue weighted by Gasteiger charge is 2.19. The predicted octanol–water partition coefficient (Wildman–Crippen LogP) is 2.53. The third-order valence-electron chi connectivity index (χ3n) is 3.08. The second-order valence-corrected chi connectivity index (χ2v) is 4.55. The van der Waals surface area contributed by atoms with Gasteiger partial charge in [-0.3, -0.25) is 9.48 Å². The Morgan fingerprint density at radius 1 is 1.37 bits per heavy atom. The molecular formula is C15H18N2O2. The van der Waals surface area contributed by atoms with Crippen LogP contribution >= 0.6 is 0 Å². The molecule has 4 heteroatoms. The maximum atomic E-state index is 12.6. The number of aryl methyl sites for hydroxylation is 3. The number of carbonyl (C=O) groups is 1. The van der Waals surface area contributed by atoms with Gasteiger partial charge < -0.3 is 4.74 Å². The molecule has 0 spiro atoms. The van der Waals surface area contributed by atoms with E-state index in [1.165, 1.54) is 0 Å². The Bertz CT molecular complexity index is 615. The average Bonchev–Trinajstić information content (AvgIpc) is 2.79. The Kier molecular flexibility index (Phi) is 3.69. The fourth-order valence-electron chi connectivity index (χ4n) is 2.13. The molecule has 100 valence electrons. The molecule has 1 aromatic carbocycles. The Morgan fingerprint density at radius 2 is 2.11 bits per heavy atom. The maximum Gasteiger partial charge on any atom is 0.200 e. The summed E-state index contributed by atoms with van der Waals surface area (Å²) in [6.07, 6.45) is 2.50. The highest BCUT2D eigenvalue weighted by Crippen LogP contribution is 2.24. The lowest BCUT2D eigenvalue weighted by Crippen LogP contribution is -2.06. The number of benzene rings is 1. The van der Waals surface area contributed by atoms with Crippen molar-refractivity contribution < 1.29 is 9.53 Å². The van der Waals surface area contributed by atoms with Crippen LogP contribution in [0.4, 0.5) is 0 Å². The van der Waals surface area contributed by atoms with Crippen molar-refractivity contribution in [3.05, 3.63) is 46.8 Å². The van der Waals surface area contributed by atoms with E-state index in [9.17, 15) is 4.79 Å². The predicted molar refractivity (Wildman–Crippen MR) is 73.7 cm³/mol. The van der Waals surface area contributed by atoms with Crippen molar-refractivity contribution in [3.63, 3.8) is 0 Å². The fourth-order valence-corrected chi connectivity index (χ4v) is 2.13. The second-order valence-electron chi connectivity index (χ2n) is 4.55. The zero-order chi connectivity index (χ0) is 14.0. The van der Waals surface area contributed by atoms with Crippen molar-refractivity contribution in [2.24, 2.45) is 7.05 Å². The quantitative estimate of drug-likeness (QED) is 0.791. The van der Waals surface area contributed by atoms with E-state index in [1.54, 1.807) is 18.0 Å². The van der Waals surface area contributed by atoms with Crippen molar-refractivity contribution in [1.82, 2.24) is 9.78 Å². The van der Waals surface area contributed by atoms with Crippen LogP contribution in [0.2, 0.25) is 0 Å². The van der Waals surface area contributed by atoms with Crippen molar-refractivity contribution in [2.45, 2.75) is 20.3 Å². The van der Waals surface area contributed by atoms with Crippen molar-refractivity contribution in [3.8, 4) is 5.75 Å². The van der Waals surface area contributed by atoms with Gasteiger partial charge in [0, 0.05) is 13.2 Å². The molecule has 0 aliphatic carbocycles. The zero-order valence-corrected chi connectivity index (χ0v) is 11.7. The summed E-state index contributed by atoms with van der Waals surface area (Å²) in [4.78, 5) is 12.6. The molecule has 0 unspecified atom stereocenters. The number of carbonyl (C=O) groups excluding carboxylic acids is 1. The van der Waals surface area contributed by atoms with Gasteiger partial charge in [-0.15, -0.1) is 0 Å². The van der Waals surface area contributed by atoms with Gasteiger partial charge in [0.15, 0.2) is 5.78 Å². The summed E-state index contributed by atoms with van der Waals surface area (Å²) in [7, 11) is 3.40. The van der Waals surface area contributed by atoms with Gasteiger partial charge in [0.1, 0.15) is 5.75 Å². The Labute approximate surface area is 113 Å². The fraction of sp³-hybridized carbons (Fsp3) is 0.333. The molecule has 0 saturated heterocycles. The number of ether oxygens (including phenoxy) is 1. The number of hydrogen-bond donors (Lipinski definition) is 0. The minimum Gasteiger partial charge on any atom is -0.496 e. The summed E-state index contributed by atoms with van der Waals surface area (Å²) in [5.74, 6) is 0.562. The molecule has 0 aliphatic heterocycles. The lowest BCUT2D eigenvalue weighted by Gasteiger charge is -2.08. The van der Waals surface area contributed by atoms with Gasteiger partial charge in [0.05, 0.1) is 23.9 Å². The number of hydrogen-bond acceptors (Lipinski definition) is 3. The largest absolute Gasteiger partial charge is 0.496 e. The van der Waals surface area contributed by atoms with Crippen molar-refractivity contribution in [1.29, 1.82) is 0 Å². The van der Waals surface area contributed by atoms with Crippen LogP contribution in [0, 0.1) is 6.92 Å². The van der Waals surface area contributed by atoms with E-state index in [0.29, 0.717) is 16.9 Å². The van der Waals surface area contributed by atoms with Gasteiger partial charge in [0.2, 0.25) is 0 Å². The highest BCUT2D eigenvalue weighted by molar-refractivity contribution is 6.11. The Hall–Kier alpha value is -2.10. The molecule has 2 rings (SSSR count). The molecule has 0 saturated carbocycles.